The van der Waals surface area contributed by atoms with Gasteiger partial charge in [-0.25, -0.2) is 0 Å². The fourth-order valence-corrected chi connectivity index (χ4v) is 4.02. The van der Waals surface area contributed by atoms with Crippen molar-refractivity contribution < 1.29 is 9.47 Å². The Morgan fingerprint density at radius 3 is 1.76 bits per heavy atom. The van der Waals surface area contributed by atoms with Crippen molar-refractivity contribution in [2.45, 2.75) is 59.3 Å². The van der Waals surface area contributed by atoms with Crippen molar-refractivity contribution in [1.29, 1.82) is 0 Å². The van der Waals surface area contributed by atoms with E-state index in [1.807, 2.05) is 0 Å². The van der Waals surface area contributed by atoms with Crippen molar-refractivity contribution >= 4 is 10.8 Å². The van der Waals surface area contributed by atoms with Gasteiger partial charge in [-0.15, -0.1) is 0 Å². The van der Waals surface area contributed by atoms with Crippen LogP contribution in [0.3, 0.4) is 0 Å². The minimum Gasteiger partial charge on any atom is -0.496 e. The summed E-state index contributed by atoms with van der Waals surface area (Å²) in [5.74, 6) is 1.90. The zero-order chi connectivity index (χ0) is 21.6. The number of aryl methyl sites for hydroxylation is 1. The smallest absolute Gasteiger partial charge is 0.123 e. The highest BCUT2D eigenvalue weighted by Crippen LogP contribution is 2.42. The van der Waals surface area contributed by atoms with Crippen LogP contribution in [0.4, 0.5) is 0 Å². The molecule has 2 heteroatoms. The fourth-order valence-electron chi connectivity index (χ4n) is 4.02. The molecule has 0 N–H and O–H groups in total. The molecule has 0 amide bonds. The van der Waals surface area contributed by atoms with Gasteiger partial charge in [0.05, 0.1) is 14.2 Å². The third kappa shape index (κ3) is 3.99. The first-order chi connectivity index (χ1) is 13.5. The van der Waals surface area contributed by atoms with Crippen LogP contribution in [0.15, 0.2) is 42.5 Å². The number of fused-ring (bicyclic) bond motifs is 1. The van der Waals surface area contributed by atoms with E-state index in [2.05, 4.69) is 90.9 Å². The van der Waals surface area contributed by atoms with Gasteiger partial charge in [0.15, 0.2) is 0 Å². The molecular weight excluding hydrogens is 356 g/mol. The maximum absolute atomic E-state index is 5.73. The average molecular weight is 391 g/mol. The first-order valence-corrected chi connectivity index (χ1v) is 10.3. The molecular formula is C27H34O2. The predicted octanol–water partition coefficient (Wildman–Crippen LogP) is 7.43. The summed E-state index contributed by atoms with van der Waals surface area (Å²) in [5.41, 5.74) is 6.17. The molecule has 2 nitrogen and oxygen atoms in total. The summed E-state index contributed by atoms with van der Waals surface area (Å²) in [7, 11) is 3.51. The van der Waals surface area contributed by atoms with Gasteiger partial charge in [0.1, 0.15) is 11.5 Å². The van der Waals surface area contributed by atoms with E-state index in [1.165, 1.54) is 38.6 Å². The van der Waals surface area contributed by atoms with E-state index in [1.54, 1.807) is 14.2 Å². The Morgan fingerprint density at radius 1 is 0.655 bits per heavy atom. The van der Waals surface area contributed by atoms with E-state index in [-0.39, 0.29) is 10.8 Å². The molecule has 0 atom stereocenters. The first kappa shape index (κ1) is 21.2. The molecule has 0 saturated heterocycles. The molecule has 0 aliphatic rings. The third-order valence-corrected chi connectivity index (χ3v) is 5.65. The highest BCUT2D eigenvalue weighted by Gasteiger charge is 2.23. The standard InChI is InChI=1S/C27H34O2/c1-17-13-24(28-8)22(26(2,3)4)15-20(17)19-12-10-11-18-14-25(29-9)23(16-21(18)19)27(5,6)7/h10-16H,1-9H3. The highest BCUT2D eigenvalue weighted by atomic mass is 16.5. The van der Waals surface area contributed by atoms with E-state index in [0.29, 0.717) is 0 Å². The maximum Gasteiger partial charge on any atom is 0.123 e. The second-order valence-electron chi connectivity index (χ2n) is 9.95. The molecule has 3 aromatic rings. The summed E-state index contributed by atoms with van der Waals surface area (Å²) < 4.78 is 11.4. The summed E-state index contributed by atoms with van der Waals surface area (Å²) in [6.07, 6.45) is 0. The monoisotopic (exact) mass is 390 g/mol. The van der Waals surface area contributed by atoms with Gasteiger partial charge in [-0.3, -0.25) is 0 Å². The number of ether oxygens (including phenoxy) is 2. The minimum absolute atomic E-state index is 0.00182. The molecule has 0 aliphatic carbocycles. The SMILES string of the molecule is COc1cc(C)c(-c2cccc3cc(OC)c(C(C)(C)C)cc23)cc1C(C)(C)C. The Bertz CT molecular complexity index is 1050. The van der Waals surface area contributed by atoms with Crippen molar-refractivity contribution in [3.8, 4) is 22.6 Å². The first-order valence-electron chi connectivity index (χ1n) is 10.3. The van der Waals surface area contributed by atoms with Gasteiger partial charge < -0.3 is 9.47 Å². The zero-order valence-corrected chi connectivity index (χ0v) is 19.4. The number of benzene rings is 3. The summed E-state index contributed by atoms with van der Waals surface area (Å²) >= 11 is 0. The summed E-state index contributed by atoms with van der Waals surface area (Å²) in [6, 6.07) is 15.5. The van der Waals surface area contributed by atoms with Gasteiger partial charge in [0.25, 0.3) is 0 Å². The van der Waals surface area contributed by atoms with Gasteiger partial charge in [-0.2, -0.15) is 0 Å². The molecule has 0 aliphatic heterocycles. The molecule has 0 saturated carbocycles. The Balaban J connectivity index is 2.36. The summed E-state index contributed by atoms with van der Waals surface area (Å²) in [5, 5.41) is 2.45. The normalized spacial score (nSPS) is 12.3. The predicted molar refractivity (Wildman–Crippen MR) is 125 cm³/mol. The molecule has 0 spiro atoms. The third-order valence-electron chi connectivity index (χ3n) is 5.65. The van der Waals surface area contributed by atoms with Gasteiger partial charge in [0.2, 0.25) is 0 Å². The van der Waals surface area contributed by atoms with Crippen LogP contribution in [0, 0.1) is 6.92 Å². The van der Waals surface area contributed by atoms with Crippen molar-refractivity contribution in [3.05, 3.63) is 59.2 Å². The second-order valence-corrected chi connectivity index (χ2v) is 9.95. The number of hydrogen-bond acceptors (Lipinski definition) is 2. The van der Waals surface area contributed by atoms with Crippen LogP contribution in [-0.4, -0.2) is 14.2 Å². The lowest BCUT2D eigenvalue weighted by Crippen LogP contribution is -2.13. The second kappa shape index (κ2) is 7.40. The number of methoxy groups -OCH3 is 2. The summed E-state index contributed by atoms with van der Waals surface area (Å²) in [4.78, 5) is 0. The van der Waals surface area contributed by atoms with E-state index in [9.17, 15) is 0 Å². The number of hydrogen-bond donors (Lipinski definition) is 0. The lowest BCUT2D eigenvalue weighted by molar-refractivity contribution is 0.397. The van der Waals surface area contributed by atoms with Crippen LogP contribution >= 0.6 is 0 Å². The molecule has 0 unspecified atom stereocenters. The Hall–Kier alpha value is -2.48. The quantitative estimate of drug-likeness (QED) is 0.463. The Labute approximate surface area is 175 Å². The summed E-state index contributed by atoms with van der Waals surface area (Å²) in [6.45, 7) is 15.6. The van der Waals surface area contributed by atoms with Crippen LogP contribution in [0.1, 0.15) is 58.2 Å². The lowest BCUT2D eigenvalue weighted by atomic mass is 9.81. The molecule has 0 fully saturated rings. The minimum atomic E-state index is -0.00182. The molecule has 3 aromatic carbocycles. The average Bonchev–Trinajstić information content (AvgIpc) is 2.64. The van der Waals surface area contributed by atoms with Crippen molar-refractivity contribution in [2.75, 3.05) is 14.2 Å². The van der Waals surface area contributed by atoms with Gasteiger partial charge in [-0.05, 0) is 69.5 Å². The number of rotatable bonds is 3. The van der Waals surface area contributed by atoms with E-state index >= 15 is 0 Å². The fraction of sp³-hybridized carbons (Fsp3) is 0.407. The molecule has 0 radical (unpaired) electrons. The largest absolute Gasteiger partial charge is 0.496 e. The van der Waals surface area contributed by atoms with Crippen LogP contribution in [0.25, 0.3) is 21.9 Å². The molecule has 0 bridgehead atoms. The Kier molecular flexibility index (Phi) is 5.42. The van der Waals surface area contributed by atoms with Gasteiger partial charge in [0, 0.05) is 11.1 Å². The molecule has 154 valence electrons. The molecule has 0 heterocycles. The van der Waals surface area contributed by atoms with Crippen LogP contribution in [0.5, 0.6) is 11.5 Å². The molecule has 0 aromatic heterocycles. The molecule has 29 heavy (non-hydrogen) atoms. The topological polar surface area (TPSA) is 18.5 Å². The van der Waals surface area contributed by atoms with Crippen molar-refractivity contribution in [1.82, 2.24) is 0 Å². The van der Waals surface area contributed by atoms with Gasteiger partial charge in [-0.1, -0.05) is 59.7 Å². The van der Waals surface area contributed by atoms with Crippen molar-refractivity contribution in [2.24, 2.45) is 0 Å². The van der Waals surface area contributed by atoms with Crippen LogP contribution < -0.4 is 9.47 Å². The maximum atomic E-state index is 5.73. The van der Waals surface area contributed by atoms with E-state index in [0.717, 1.165) is 11.5 Å². The van der Waals surface area contributed by atoms with Crippen molar-refractivity contribution in [3.63, 3.8) is 0 Å². The zero-order valence-electron chi connectivity index (χ0n) is 19.4. The van der Waals surface area contributed by atoms with Crippen LogP contribution in [0.2, 0.25) is 0 Å². The van der Waals surface area contributed by atoms with Gasteiger partial charge >= 0.3 is 0 Å². The van der Waals surface area contributed by atoms with E-state index in [4.69, 9.17) is 9.47 Å². The van der Waals surface area contributed by atoms with E-state index < -0.39 is 0 Å². The Morgan fingerprint density at radius 2 is 1.21 bits per heavy atom. The van der Waals surface area contributed by atoms with Crippen LogP contribution in [-0.2, 0) is 10.8 Å². The highest BCUT2D eigenvalue weighted by molar-refractivity contribution is 5.99. The lowest BCUT2D eigenvalue weighted by Gasteiger charge is -2.25. The molecule has 3 rings (SSSR count).